The maximum Gasteiger partial charge on any atom is 0.174 e. The van der Waals surface area contributed by atoms with Crippen molar-refractivity contribution < 1.29 is 8.85 Å². The fraction of sp³-hybridized carbons (Fsp3) is 0.704. The zero-order chi connectivity index (χ0) is 25.8. The molecule has 0 saturated heterocycles. The molecule has 0 aromatic rings. The predicted molar refractivity (Wildman–Crippen MR) is 156 cm³/mol. The highest BCUT2D eigenvalue weighted by molar-refractivity contribution is 7.37. The van der Waals surface area contributed by atoms with Crippen LogP contribution in [0.2, 0.25) is 45.8 Å². The standard InChI is InChI=1S/C15H32OSi2.C12H24OSi/c1-10-15(4,13-11-12-14(2)3)16-18(8,9)17(5,6)7;1-7-12(4,13-14(5)6)10-8-9-11(2)3/h10,12H,1,11,13H2,2-9H3;7,9,14H,1,8,10H2,2-6H3. The van der Waals surface area contributed by atoms with E-state index in [9.17, 15) is 0 Å². The van der Waals surface area contributed by atoms with Crippen LogP contribution in [-0.2, 0) is 8.85 Å². The van der Waals surface area contributed by atoms with Gasteiger partial charge in [0.05, 0.1) is 18.8 Å². The molecule has 0 aromatic heterocycles. The van der Waals surface area contributed by atoms with E-state index < -0.39 is 24.5 Å². The van der Waals surface area contributed by atoms with Crippen molar-refractivity contribution in [1.29, 1.82) is 0 Å². The molecule has 2 nitrogen and oxygen atoms in total. The van der Waals surface area contributed by atoms with Crippen LogP contribution in [0.15, 0.2) is 48.6 Å². The van der Waals surface area contributed by atoms with Crippen molar-refractivity contribution in [2.24, 2.45) is 0 Å². The van der Waals surface area contributed by atoms with Crippen LogP contribution in [-0.4, -0.2) is 35.7 Å². The third kappa shape index (κ3) is 15.4. The Morgan fingerprint density at radius 2 is 1.16 bits per heavy atom. The van der Waals surface area contributed by atoms with E-state index in [1.165, 1.54) is 11.1 Å². The lowest BCUT2D eigenvalue weighted by Crippen LogP contribution is -2.58. The Morgan fingerprint density at radius 3 is 1.44 bits per heavy atom. The van der Waals surface area contributed by atoms with E-state index >= 15 is 0 Å². The van der Waals surface area contributed by atoms with E-state index in [0.29, 0.717) is 0 Å². The highest BCUT2D eigenvalue weighted by atomic mass is 29.3. The fourth-order valence-corrected chi connectivity index (χ4v) is 7.54. The van der Waals surface area contributed by atoms with Gasteiger partial charge >= 0.3 is 0 Å². The minimum atomic E-state index is -1.59. The highest BCUT2D eigenvalue weighted by Crippen LogP contribution is 2.30. The first-order chi connectivity index (χ1) is 14.3. The van der Waals surface area contributed by atoms with Crippen LogP contribution in [0, 0.1) is 0 Å². The lowest BCUT2D eigenvalue weighted by atomic mass is 10.00. The maximum atomic E-state index is 6.57. The molecule has 5 heteroatoms. The van der Waals surface area contributed by atoms with Crippen LogP contribution in [0.5, 0.6) is 0 Å². The largest absolute Gasteiger partial charge is 0.412 e. The minimum Gasteiger partial charge on any atom is -0.412 e. The van der Waals surface area contributed by atoms with E-state index in [1.807, 2.05) is 12.2 Å². The molecule has 0 heterocycles. The SMILES string of the molecule is C=CC(C)(CCC=C(C)C)O[SiH](C)C.C=CC(C)(CCC=C(C)C)O[Si](C)(C)[Si](C)(C)C. The van der Waals surface area contributed by atoms with Crippen LogP contribution in [0.3, 0.4) is 0 Å². The molecular weight excluding hydrogens is 441 g/mol. The monoisotopic (exact) mass is 496 g/mol. The molecule has 0 spiro atoms. The second kappa shape index (κ2) is 14.7. The summed E-state index contributed by atoms with van der Waals surface area (Å²) in [6, 6.07) is 0. The summed E-state index contributed by atoms with van der Waals surface area (Å²) in [5.41, 5.74) is 2.47. The molecule has 0 aliphatic heterocycles. The first-order valence-electron chi connectivity index (χ1n) is 12.2. The van der Waals surface area contributed by atoms with E-state index in [-0.39, 0.29) is 11.2 Å². The first-order valence-corrected chi connectivity index (χ1v) is 22.4. The molecule has 188 valence electrons. The van der Waals surface area contributed by atoms with Crippen LogP contribution in [0.1, 0.15) is 67.2 Å². The highest BCUT2D eigenvalue weighted by Gasteiger charge is 2.42. The van der Waals surface area contributed by atoms with Crippen LogP contribution in [0.25, 0.3) is 0 Å². The van der Waals surface area contributed by atoms with Gasteiger partial charge < -0.3 is 8.85 Å². The minimum absolute atomic E-state index is 0.119. The van der Waals surface area contributed by atoms with Gasteiger partial charge in [0, 0.05) is 0 Å². The third-order valence-electron chi connectivity index (χ3n) is 6.05. The molecule has 0 fully saturated rings. The number of hydrogen-bond donors (Lipinski definition) is 0. The lowest BCUT2D eigenvalue weighted by molar-refractivity contribution is 0.127. The van der Waals surface area contributed by atoms with Gasteiger partial charge in [-0.05, 0) is 93.4 Å². The molecule has 0 aliphatic carbocycles. The lowest BCUT2D eigenvalue weighted by Gasteiger charge is -2.42. The summed E-state index contributed by atoms with van der Waals surface area (Å²) >= 11 is 0. The van der Waals surface area contributed by atoms with E-state index in [4.69, 9.17) is 8.85 Å². The zero-order valence-corrected chi connectivity index (χ0v) is 27.1. The van der Waals surface area contributed by atoms with E-state index in [0.717, 1.165) is 25.7 Å². The summed E-state index contributed by atoms with van der Waals surface area (Å²) < 4.78 is 12.5. The summed E-state index contributed by atoms with van der Waals surface area (Å²) in [6.07, 6.45) is 12.7. The fourth-order valence-electron chi connectivity index (χ4n) is 2.97. The smallest absolute Gasteiger partial charge is 0.174 e. The molecule has 0 aliphatic rings. The molecule has 0 bridgehead atoms. The molecule has 2 unspecified atom stereocenters. The Labute approximate surface area is 205 Å². The molecule has 0 saturated carbocycles. The number of hydrogen-bond acceptors (Lipinski definition) is 2. The molecule has 0 amide bonds. The quantitative estimate of drug-likeness (QED) is 0.187. The van der Waals surface area contributed by atoms with Crippen molar-refractivity contribution in [3.63, 3.8) is 0 Å². The van der Waals surface area contributed by atoms with E-state index in [1.54, 1.807) is 0 Å². The third-order valence-corrected chi connectivity index (χ3v) is 22.8. The Morgan fingerprint density at radius 1 is 0.781 bits per heavy atom. The van der Waals surface area contributed by atoms with Crippen LogP contribution >= 0.6 is 0 Å². The maximum absolute atomic E-state index is 6.57. The van der Waals surface area contributed by atoms with Crippen molar-refractivity contribution >= 4 is 24.5 Å². The summed E-state index contributed by atoms with van der Waals surface area (Å²) in [5.74, 6) is 0. The molecule has 2 atom stereocenters. The number of rotatable bonds is 13. The van der Waals surface area contributed by atoms with Crippen molar-refractivity contribution in [2.75, 3.05) is 0 Å². The van der Waals surface area contributed by atoms with Gasteiger partial charge in [-0.15, -0.1) is 13.2 Å². The van der Waals surface area contributed by atoms with Crippen molar-refractivity contribution in [2.45, 2.75) is 124 Å². The van der Waals surface area contributed by atoms with Gasteiger partial charge in [-0.25, -0.2) is 0 Å². The second-order valence-corrected chi connectivity index (χ2v) is 29.9. The van der Waals surface area contributed by atoms with Crippen LogP contribution in [0.4, 0.5) is 0 Å². The Balaban J connectivity index is 0. The van der Waals surface area contributed by atoms with Gasteiger partial charge in [0.2, 0.25) is 0 Å². The average molecular weight is 497 g/mol. The van der Waals surface area contributed by atoms with Gasteiger partial charge in [-0.1, -0.05) is 55.1 Å². The van der Waals surface area contributed by atoms with Crippen molar-refractivity contribution in [3.8, 4) is 0 Å². The molecule has 0 aromatic carbocycles. The van der Waals surface area contributed by atoms with Gasteiger partial charge in [0.1, 0.15) is 0 Å². The summed E-state index contributed by atoms with van der Waals surface area (Å²) in [6.45, 7) is 37.1. The first kappa shape index (κ1) is 33.7. The average Bonchev–Trinajstić information content (AvgIpc) is 2.59. The summed E-state index contributed by atoms with van der Waals surface area (Å²) in [5, 5.41) is 0. The summed E-state index contributed by atoms with van der Waals surface area (Å²) in [7, 11) is -3.78. The Kier molecular flexibility index (Phi) is 15.5. The van der Waals surface area contributed by atoms with Gasteiger partial charge in [-0.3, -0.25) is 0 Å². The topological polar surface area (TPSA) is 18.5 Å². The van der Waals surface area contributed by atoms with E-state index in [2.05, 4.69) is 113 Å². The van der Waals surface area contributed by atoms with Crippen LogP contribution < -0.4 is 0 Å². The molecule has 32 heavy (non-hydrogen) atoms. The zero-order valence-electron chi connectivity index (χ0n) is 23.9. The van der Waals surface area contributed by atoms with Gasteiger partial charge in [-0.2, -0.15) is 0 Å². The second-order valence-electron chi connectivity index (χ2n) is 11.7. The molecule has 0 rings (SSSR count). The Bertz CT molecular complexity index is 621. The molecule has 0 radical (unpaired) electrons. The van der Waals surface area contributed by atoms with Crippen molar-refractivity contribution in [1.82, 2.24) is 0 Å². The Hall–Kier alpha value is -0.469. The van der Waals surface area contributed by atoms with Gasteiger partial charge in [0.25, 0.3) is 0 Å². The number of allylic oxidation sites excluding steroid dienone is 4. The molecule has 0 N–H and O–H groups in total. The summed E-state index contributed by atoms with van der Waals surface area (Å²) in [4.78, 5) is 0. The van der Waals surface area contributed by atoms with Gasteiger partial charge in [0.15, 0.2) is 16.9 Å². The normalized spacial score (nSPS) is 15.6. The van der Waals surface area contributed by atoms with Crippen molar-refractivity contribution in [3.05, 3.63) is 48.6 Å². The molecular formula is C27H56O2Si3. The predicted octanol–water partition coefficient (Wildman–Crippen LogP) is 8.99.